The molecule has 2 fully saturated rings. The third-order valence-corrected chi connectivity index (χ3v) is 6.19. The first-order valence-corrected chi connectivity index (χ1v) is 9.91. The van der Waals surface area contributed by atoms with E-state index >= 15 is 0 Å². The van der Waals surface area contributed by atoms with Gasteiger partial charge in [0.2, 0.25) is 5.91 Å². The van der Waals surface area contributed by atoms with Gasteiger partial charge in [-0.3, -0.25) is 4.79 Å². The smallest absolute Gasteiger partial charge is 0.317 e. The number of nitrogens with zero attached hydrogens (tertiary/aromatic N) is 2. The Bertz CT molecular complexity index is 811. The molecule has 2 aliphatic heterocycles. The number of nitrogens with one attached hydrogen (secondary N) is 1. The fourth-order valence-electron chi connectivity index (χ4n) is 4.61. The predicted molar refractivity (Wildman–Crippen MR) is 106 cm³/mol. The van der Waals surface area contributed by atoms with E-state index in [0.717, 1.165) is 37.1 Å². The lowest BCUT2D eigenvalue weighted by Crippen LogP contribution is -2.54. The Morgan fingerprint density at radius 2 is 1.93 bits per heavy atom. The Morgan fingerprint density at radius 3 is 2.61 bits per heavy atom. The highest BCUT2D eigenvalue weighted by molar-refractivity contribution is 5.84. The van der Waals surface area contributed by atoms with Gasteiger partial charge in [0.15, 0.2) is 0 Å². The summed E-state index contributed by atoms with van der Waals surface area (Å²) in [6.07, 6.45) is 4.31. The molecule has 0 saturated carbocycles. The average Bonchev–Trinajstić information content (AvgIpc) is 3.24. The van der Waals surface area contributed by atoms with E-state index in [4.69, 9.17) is 4.42 Å². The van der Waals surface area contributed by atoms with Gasteiger partial charge in [-0.2, -0.15) is 0 Å². The molecule has 0 radical (unpaired) electrons. The van der Waals surface area contributed by atoms with Crippen LogP contribution in [0.5, 0.6) is 0 Å². The predicted octanol–water partition coefficient (Wildman–Crippen LogP) is 3.22. The van der Waals surface area contributed by atoms with Crippen LogP contribution >= 0.6 is 0 Å². The first kappa shape index (κ1) is 18.6. The van der Waals surface area contributed by atoms with Gasteiger partial charge in [0, 0.05) is 26.7 Å². The SMILES string of the molecule is CN1CC2(CCN(C(=O)NCc3ccco3)CC2)C[C@H](c2ccccc2)C1=O. The summed E-state index contributed by atoms with van der Waals surface area (Å²) in [6.45, 7) is 2.61. The molecule has 3 heterocycles. The quantitative estimate of drug-likeness (QED) is 0.888. The van der Waals surface area contributed by atoms with Crippen LogP contribution in [0.2, 0.25) is 0 Å². The van der Waals surface area contributed by atoms with Gasteiger partial charge in [-0.05, 0) is 42.4 Å². The monoisotopic (exact) mass is 381 g/mol. The number of carbonyl (C=O) groups excluding carboxylic acids is 2. The van der Waals surface area contributed by atoms with E-state index in [1.165, 1.54) is 0 Å². The zero-order chi connectivity index (χ0) is 19.6. The van der Waals surface area contributed by atoms with Crippen molar-refractivity contribution in [1.82, 2.24) is 15.1 Å². The fraction of sp³-hybridized carbons (Fsp3) is 0.455. The molecular weight excluding hydrogens is 354 g/mol. The van der Waals surface area contributed by atoms with Gasteiger partial charge in [0.25, 0.3) is 0 Å². The number of hydrogen-bond acceptors (Lipinski definition) is 3. The fourth-order valence-corrected chi connectivity index (χ4v) is 4.61. The number of carbonyl (C=O) groups is 2. The van der Waals surface area contributed by atoms with E-state index in [1.54, 1.807) is 6.26 Å². The van der Waals surface area contributed by atoms with Crippen molar-refractivity contribution in [3.8, 4) is 0 Å². The first-order valence-electron chi connectivity index (χ1n) is 9.91. The summed E-state index contributed by atoms with van der Waals surface area (Å²) in [5.74, 6) is 0.870. The maximum Gasteiger partial charge on any atom is 0.317 e. The van der Waals surface area contributed by atoms with E-state index < -0.39 is 0 Å². The van der Waals surface area contributed by atoms with E-state index in [1.807, 2.05) is 59.3 Å². The van der Waals surface area contributed by atoms with Crippen molar-refractivity contribution in [2.24, 2.45) is 5.41 Å². The number of likely N-dealkylation sites (tertiary alicyclic amines) is 2. The largest absolute Gasteiger partial charge is 0.467 e. The van der Waals surface area contributed by atoms with Gasteiger partial charge in [-0.25, -0.2) is 4.79 Å². The van der Waals surface area contributed by atoms with E-state index in [2.05, 4.69) is 5.32 Å². The summed E-state index contributed by atoms with van der Waals surface area (Å²) < 4.78 is 5.27. The number of piperidine rings is 2. The molecule has 1 aromatic heterocycles. The van der Waals surface area contributed by atoms with Crippen molar-refractivity contribution >= 4 is 11.9 Å². The second-order valence-corrected chi connectivity index (χ2v) is 8.09. The Morgan fingerprint density at radius 1 is 1.18 bits per heavy atom. The van der Waals surface area contributed by atoms with Crippen LogP contribution in [0.25, 0.3) is 0 Å². The van der Waals surface area contributed by atoms with Crippen LogP contribution < -0.4 is 5.32 Å². The van der Waals surface area contributed by atoms with Crippen LogP contribution in [0.3, 0.4) is 0 Å². The maximum atomic E-state index is 12.8. The molecule has 148 valence electrons. The van der Waals surface area contributed by atoms with Gasteiger partial charge in [0.1, 0.15) is 5.76 Å². The molecule has 2 aromatic rings. The highest BCUT2D eigenvalue weighted by Crippen LogP contribution is 2.45. The lowest BCUT2D eigenvalue weighted by molar-refractivity contribution is -0.139. The van der Waals surface area contributed by atoms with Gasteiger partial charge >= 0.3 is 6.03 Å². The van der Waals surface area contributed by atoms with E-state index in [0.29, 0.717) is 19.6 Å². The maximum absolute atomic E-state index is 12.8. The van der Waals surface area contributed by atoms with Crippen molar-refractivity contribution in [3.63, 3.8) is 0 Å². The average molecular weight is 381 g/mol. The minimum absolute atomic E-state index is 0.0499. The molecule has 0 unspecified atom stereocenters. The summed E-state index contributed by atoms with van der Waals surface area (Å²) in [7, 11) is 1.90. The third-order valence-electron chi connectivity index (χ3n) is 6.19. The van der Waals surface area contributed by atoms with Crippen molar-refractivity contribution in [1.29, 1.82) is 0 Å². The summed E-state index contributed by atoms with van der Waals surface area (Å²) in [4.78, 5) is 29.0. The molecule has 2 saturated heterocycles. The molecule has 1 aromatic carbocycles. The third kappa shape index (κ3) is 3.77. The van der Waals surface area contributed by atoms with Gasteiger partial charge < -0.3 is 19.5 Å². The molecule has 6 nitrogen and oxygen atoms in total. The van der Waals surface area contributed by atoms with Crippen LogP contribution in [-0.2, 0) is 11.3 Å². The molecule has 4 rings (SSSR count). The Labute approximate surface area is 165 Å². The molecular formula is C22H27N3O3. The number of likely N-dealkylation sites (N-methyl/N-ethyl adjacent to an activating group) is 1. The molecule has 1 atom stereocenters. The summed E-state index contributed by atoms with van der Waals surface area (Å²) in [5, 5.41) is 2.93. The minimum Gasteiger partial charge on any atom is -0.467 e. The normalized spacial score (nSPS) is 21.8. The topological polar surface area (TPSA) is 65.8 Å². The van der Waals surface area contributed by atoms with Crippen molar-refractivity contribution in [3.05, 3.63) is 60.1 Å². The molecule has 28 heavy (non-hydrogen) atoms. The molecule has 0 bridgehead atoms. The summed E-state index contributed by atoms with van der Waals surface area (Å²) in [6, 6.07) is 13.7. The van der Waals surface area contributed by atoms with Crippen LogP contribution in [0, 0.1) is 5.41 Å². The second kappa shape index (κ2) is 7.70. The second-order valence-electron chi connectivity index (χ2n) is 8.09. The number of rotatable bonds is 3. The van der Waals surface area contributed by atoms with Crippen molar-refractivity contribution < 1.29 is 14.0 Å². The lowest BCUT2D eigenvalue weighted by Gasteiger charge is -2.49. The Balaban J connectivity index is 1.38. The summed E-state index contributed by atoms with van der Waals surface area (Å²) >= 11 is 0. The first-order chi connectivity index (χ1) is 13.6. The molecule has 1 N–H and O–H groups in total. The van der Waals surface area contributed by atoms with Gasteiger partial charge in [-0.15, -0.1) is 0 Å². The van der Waals surface area contributed by atoms with Crippen LogP contribution in [0.4, 0.5) is 4.79 Å². The van der Waals surface area contributed by atoms with Crippen LogP contribution in [-0.4, -0.2) is 48.4 Å². The zero-order valence-corrected chi connectivity index (χ0v) is 16.3. The van der Waals surface area contributed by atoms with E-state index in [9.17, 15) is 9.59 Å². The van der Waals surface area contributed by atoms with Crippen molar-refractivity contribution in [2.75, 3.05) is 26.7 Å². The highest BCUT2D eigenvalue weighted by Gasteiger charge is 2.45. The number of hydrogen-bond donors (Lipinski definition) is 1. The number of benzene rings is 1. The Hall–Kier alpha value is -2.76. The Kier molecular flexibility index (Phi) is 5.11. The zero-order valence-electron chi connectivity index (χ0n) is 16.3. The molecule has 1 spiro atoms. The van der Waals surface area contributed by atoms with Gasteiger partial charge in [0.05, 0.1) is 18.7 Å². The molecule has 6 heteroatoms. The minimum atomic E-state index is -0.0840. The van der Waals surface area contributed by atoms with E-state index in [-0.39, 0.29) is 23.3 Å². The number of urea groups is 1. The lowest BCUT2D eigenvalue weighted by atomic mass is 9.68. The standard InChI is InChI=1S/C22H27N3O3/c1-24-16-22(14-19(20(24)26)17-6-3-2-4-7-17)9-11-25(12-10-22)21(27)23-15-18-8-5-13-28-18/h2-8,13,19H,9-12,14-16H2,1H3,(H,23,27)/t19-/m1/s1. The highest BCUT2D eigenvalue weighted by atomic mass is 16.3. The van der Waals surface area contributed by atoms with Crippen LogP contribution in [0.15, 0.2) is 53.1 Å². The van der Waals surface area contributed by atoms with Crippen molar-refractivity contribution in [2.45, 2.75) is 31.7 Å². The molecule has 2 aliphatic rings. The molecule has 3 amide bonds. The van der Waals surface area contributed by atoms with Gasteiger partial charge in [-0.1, -0.05) is 30.3 Å². The number of amides is 3. The number of furan rings is 1. The molecule has 0 aliphatic carbocycles. The summed E-state index contributed by atoms with van der Waals surface area (Å²) in [5.41, 5.74) is 1.18. The van der Waals surface area contributed by atoms with Crippen LogP contribution in [0.1, 0.15) is 36.5 Å².